The van der Waals surface area contributed by atoms with Gasteiger partial charge in [-0.05, 0) is 25.0 Å². The van der Waals surface area contributed by atoms with E-state index in [4.69, 9.17) is 4.74 Å². The monoisotopic (exact) mass is 318 g/mol. The topological polar surface area (TPSA) is 89.3 Å². The van der Waals surface area contributed by atoms with Gasteiger partial charge in [0.05, 0.1) is 12.2 Å². The van der Waals surface area contributed by atoms with Crippen LogP contribution >= 0.6 is 0 Å². The van der Waals surface area contributed by atoms with E-state index in [1.54, 1.807) is 6.07 Å². The Bertz CT molecular complexity index is 785. The molecular formula is C15H15FN4O3. The van der Waals surface area contributed by atoms with Gasteiger partial charge in [0.25, 0.3) is 0 Å². The number of aromatic carboxylic acids is 1. The van der Waals surface area contributed by atoms with Crippen molar-refractivity contribution in [3.05, 3.63) is 23.6 Å². The van der Waals surface area contributed by atoms with E-state index in [1.807, 2.05) is 0 Å². The fraction of sp³-hybridized carbons (Fsp3) is 0.400. The molecule has 0 aromatic carbocycles. The van der Waals surface area contributed by atoms with E-state index in [0.29, 0.717) is 25.0 Å². The number of ether oxygens (including phenoxy) is 1. The summed E-state index contributed by atoms with van der Waals surface area (Å²) >= 11 is 0. The largest absolute Gasteiger partial charge is 0.477 e. The van der Waals surface area contributed by atoms with Gasteiger partial charge < -0.3 is 15.2 Å². The van der Waals surface area contributed by atoms with E-state index in [1.165, 1.54) is 10.7 Å². The number of aryl methyl sites for hydroxylation is 1. The fourth-order valence-electron chi connectivity index (χ4n) is 2.64. The molecule has 0 spiro atoms. The van der Waals surface area contributed by atoms with Gasteiger partial charge in [0.1, 0.15) is 17.1 Å². The van der Waals surface area contributed by atoms with Crippen LogP contribution < -0.4 is 10.1 Å². The number of nitrogens with zero attached hydrogens (tertiary/aromatic N) is 3. The third-order valence-electron chi connectivity index (χ3n) is 3.91. The highest BCUT2D eigenvalue weighted by Gasteiger charge is 2.30. The molecule has 0 radical (unpaired) electrons. The summed E-state index contributed by atoms with van der Waals surface area (Å²) in [6.45, 7) is 0.975. The molecule has 4 rings (SSSR count). The second kappa shape index (κ2) is 5.22. The van der Waals surface area contributed by atoms with E-state index in [9.17, 15) is 14.3 Å². The number of carboxylic acid groups (broad SMARTS) is 1. The van der Waals surface area contributed by atoms with Gasteiger partial charge >= 0.3 is 5.97 Å². The quantitative estimate of drug-likeness (QED) is 0.840. The highest BCUT2D eigenvalue weighted by atomic mass is 19.1. The lowest BCUT2D eigenvalue weighted by Crippen LogP contribution is -2.16. The molecule has 0 unspecified atom stereocenters. The molecule has 8 heteroatoms. The van der Waals surface area contributed by atoms with Gasteiger partial charge in [-0.2, -0.15) is 9.49 Å². The molecule has 2 aromatic heterocycles. The highest BCUT2D eigenvalue weighted by Crippen LogP contribution is 2.34. The number of hydrogen-bond acceptors (Lipinski definition) is 5. The molecule has 0 saturated heterocycles. The standard InChI is InChI=1S/C15H15FN4O3/c16-13-9(4-5-10(18-13)17-8-2-3-8)12-11(15(21)22)14-20(19-12)6-1-7-23-14/h4-5,8H,1-3,6-7H2,(H,17,18)(H,21,22). The molecular weight excluding hydrogens is 303 g/mol. The minimum atomic E-state index is -1.19. The average molecular weight is 318 g/mol. The fourth-order valence-corrected chi connectivity index (χ4v) is 2.64. The van der Waals surface area contributed by atoms with Crippen molar-refractivity contribution in [2.45, 2.75) is 31.8 Å². The Hall–Kier alpha value is -2.64. The van der Waals surface area contributed by atoms with Crippen molar-refractivity contribution in [1.82, 2.24) is 14.8 Å². The zero-order chi connectivity index (χ0) is 16.0. The summed E-state index contributed by atoms with van der Waals surface area (Å²) in [4.78, 5) is 15.4. The van der Waals surface area contributed by atoms with Crippen LogP contribution in [0.1, 0.15) is 29.6 Å². The Morgan fingerprint density at radius 2 is 2.26 bits per heavy atom. The van der Waals surface area contributed by atoms with Crippen molar-refractivity contribution in [1.29, 1.82) is 0 Å². The first kappa shape index (κ1) is 14.0. The number of hydrogen-bond donors (Lipinski definition) is 2. The maximum Gasteiger partial charge on any atom is 0.343 e. The predicted molar refractivity (Wildman–Crippen MR) is 79.1 cm³/mol. The number of carboxylic acids is 1. The summed E-state index contributed by atoms with van der Waals surface area (Å²) in [7, 11) is 0. The van der Waals surface area contributed by atoms with Gasteiger partial charge in [-0.1, -0.05) is 0 Å². The minimum Gasteiger partial charge on any atom is -0.477 e. The number of carbonyl (C=O) groups is 1. The van der Waals surface area contributed by atoms with Crippen molar-refractivity contribution in [3.8, 4) is 17.1 Å². The molecule has 2 aliphatic rings. The van der Waals surface area contributed by atoms with Crippen LogP contribution in [0.2, 0.25) is 0 Å². The molecule has 0 atom stereocenters. The molecule has 120 valence electrons. The molecule has 1 fully saturated rings. The van der Waals surface area contributed by atoms with Crippen LogP contribution in [0.4, 0.5) is 10.2 Å². The summed E-state index contributed by atoms with van der Waals surface area (Å²) in [6, 6.07) is 3.51. The van der Waals surface area contributed by atoms with Crippen molar-refractivity contribution in [3.63, 3.8) is 0 Å². The van der Waals surface area contributed by atoms with Crippen LogP contribution in [0.25, 0.3) is 11.3 Å². The maximum absolute atomic E-state index is 14.4. The molecule has 23 heavy (non-hydrogen) atoms. The maximum atomic E-state index is 14.4. The van der Waals surface area contributed by atoms with Crippen molar-refractivity contribution in [2.75, 3.05) is 11.9 Å². The normalized spacial score (nSPS) is 16.6. The molecule has 2 N–H and O–H groups in total. The molecule has 0 bridgehead atoms. The summed E-state index contributed by atoms with van der Waals surface area (Å²) in [6.07, 6.45) is 2.84. The number of aromatic nitrogens is 3. The SMILES string of the molecule is O=C(O)c1c(-c2ccc(NC3CC3)nc2F)nn2c1OCCC2. The van der Waals surface area contributed by atoms with Gasteiger partial charge in [0, 0.05) is 19.0 Å². The lowest BCUT2D eigenvalue weighted by molar-refractivity contribution is 0.0690. The Morgan fingerprint density at radius 3 is 2.96 bits per heavy atom. The second-order valence-electron chi connectivity index (χ2n) is 5.71. The number of pyridine rings is 1. The van der Waals surface area contributed by atoms with E-state index < -0.39 is 11.9 Å². The van der Waals surface area contributed by atoms with E-state index in [0.717, 1.165) is 19.3 Å². The molecule has 1 saturated carbocycles. The molecule has 3 heterocycles. The zero-order valence-corrected chi connectivity index (χ0v) is 12.3. The molecule has 1 aliphatic heterocycles. The lowest BCUT2D eigenvalue weighted by Gasteiger charge is -2.14. The first-order valence-corrected chi connectivity index (χ1v) is 7.54. The summed E-state index contributed by atoms with van der Waals surface area (Å²) in [5.74, 6) is -1.31. The van der Waals surface area contributed by atoms with Crippen LogP contribution in [0.15, 0.2) is 12.1 Å². The number of fused-ring (bicyclic) bond motifs is 1. The molecule has 1 aliphatic carbocycles. The minimum absolute atomic E-state index is 0.0531. The average Bonchev–Trinajstić information content (AvgIpc) is 3.24. The first-order valence-electron chi connectivity index (χ1n) is 7.54. The number of rotatable bonds is 4. The van der Waals surface area contributed by atoms with Crippen molar-refractivity contribution >= 4 is 11.8 Å². The smallest absolute Gasteiger partial charge is 0.343 e. The second-order valence-corrected chi connectivity index (χ2v) is 5.71. The Balaban J connectivity index is 1.77. The van der Waals surface area contributed by atoms with Crippen LogP contribution in [-0.2, 0) is 6.54 Å². The third kappa shape index (κ3) is 2.49. The van der Waals surface area contributed by atoms with Crippen LogP contribution in [0.3, 0.4) is 0 Å². The van der Waals surface area contributed by atoms with E-state index in [-0.39, 0.29) is 22.7 Å². The van der Waals surface area contributed by atoms with Crippen LogP contribution in [0, 0.1) is 5.95 Å². The number of halogens is 1. The summed E-state index contributed by atoms with van der Waals surface area (Å²) in [5.41, 5.74) is -0.0000732. The summed E-state index contributed by atoms with van der Waals surface area (Å²) in [5, 5.41) is 16.8. The van der Waals surface area contributed by atoms with Gasteiger partial charge in [0.15, 0.2) is 0 Å². The Labute approximate surface area is 131 Å². The first-order chi connectivity index (χ1) is 11.1. The number of anilines is 1. The predicted octanol–water partition coefficient (Wildman–Crippen LogP) is 2.14. The zero-order valence-electron chi connectivity index (χ0n) is 12.3. The molecule has 2 aromatic rings. The Kier molecular flexibility index (Phi) is 3.17. The Morgan fingerprint density at radius 1 is 1.43 bits per heavy atom. The molecule has 0 amide bonds. The van der Waals surface area contributed by atoms with Gasteiger partial charge in [-0.25, -0.2) is 14.5 Å². The number of nitrogens with one attached hydrogen (secondary N) is 1. The highest BCUT2D eigenvalue weighted by molar-refractivity contribution is 5.97. The van der Waals surface area contributed by atoms with Crippen LogP contribution in [-0.4, -0.2) is 38.5 Å². The van der Waals surface area contributed by atoms with Crippen molar-refractivity contribution in [2.24, 2.45) is 0 Å². The van der Waals surface area contributed by atoms with Gasteiger partial charge in [0.2, 0.25) is 11.8 Å². The lowest BCUT2D eigenvalue weighted by atomic mass is 10.1. The third-order valence-corrected chi connectivity index (χ3v) is 3.91. The molecule has 7 nitrogen and oxygen atoms in total. The van der Waals surface area contributed by atoms with Gasteiger partial charge in [-0.15, -0.1) is 0 Å². The van der Waals surface area contributed by atoms with Crippen molar-refractivity contribution < 1.29 is 19.0 Å². The van der Waals surface area contributed by atoms with Gasteiger partial charge in [-0.3, -0.25) is 0 Å². The van der Waals surface area contributed by atoms with E-state index >= 15 is 0 Å². The summed E-state index contributed by atoms with van der Waals surface area (Å²) < 4.78 is 21.3. The van der Waals surface area contributed by atoms with Crippen LogP contribution in [0.5, 0.6) is 5.88 Å². The van der Waals surface area contributed by atoms with E-state index in [2.05, 4.69) is 15.4 Å².